The van der Waals surface area contributed by atoms with Crippen LogP contribution in [-0.2, 0) is 0 Å². The van der Waals surface area contributed by atoms with Gasteiger partial charge in [-0.3, -0.25) is 4.57 Å². The summed E-state index contributed by atoms with van der Waals surface area (Å²) in [6.07, 6.45) is 0. The fraction of sp³-hybridized carbons (Fsp3) is 0. The van der Waals surface area contributed by atoms with Crippen LogP contribution in [0.25, 0.3) is 110 Å². The topological polar surface area (TPSA) is 35.1 Å². The second kappa shape index (κ2) is 9.43. The van der Waals surface area contributed by atoms with E-state index >= 15 is 0 Å². The minimum atomic E-state index is 0.670. The molecule has 0 fully saturated rings. The monoisotopic (exact) mass is 634 g/mol. The molecular formula is C46H26N4. The molecule has 4 nitrogen and oxygen atoms in total. The van der Waals surface area contributed by atoms with Crippen LogP contribution in [0.4, 0.5) is 0 Å². The minimum absolute atomic E-state index is 0.670. The zero-order chi connectivity index (χ0) is 32.5. The first kappa shape index (κ1) is 26.2. The van der Waals surface area contributed by atoms with Crippen LogP contribution in [-0.4, -0.2) is 18.9 Å². The molecule has 0 aliphatic carbocycles. The van der Waals surface area contributed by atoms with Crippen LogP contribution in [0.3, 0.4) is 0 Å². The Bertz CT molecular complexity index is 3370. The summed E-state index contributed by atoms with van der Waals surface area (Å²) in [5.41, 5.74) is 8.81. The normalized spacial score (nSPS) is 12.4. The average Bonchev–Trinajstić information content (AvgIpc) is 3.67. The van der Waals surface area contributed by atoms with Crippen LogP contribution in [0, 0.1) is 0 Å². The van der Waals surface area contributed by atoms with E-state index in [0.717, 1.165) is 44.0 Å². The van der Waals surface area contributed by atoms with Gasteiger partial charge in [-0.1, -0.05) is 127 Å². The van der Waals surface area contributed by atoms with Crippen molar-refractivity contribution in [3.63, 3.8) is 0 Å². The average molecular weight is 635 g/mol. The lowest BCUT2D eigenvalue weighted by molar-refractivity contribution is 1.02. The van der Waals surface area contributed by atoms with E-state index in [9.17, 15) is 0 Å². The Balaban J connectivity index is 1.37. The van der Waals surface area contributed by atoms with Crippen molar-refractivity contribution in [3.8, 4) is 17.2 Å². The lowest BCUT2D eigenvalue weighted by Gasteiger charge is -2.14. The first-order valence-electron chi connectivity index (χ1n) is 17.1. The molecule has 12 rings (SSSR count). The van der Waals surface area contributed by atoms with Crippen LogP contribution in [0.5, 0.6) is 0 Å². The van der Waals surface area contributed by atoms with Crippen molar-refractivity contribution in [1.29, 1.82) is 0 Å². The number of nitrogens with zero attached hydrogens (tertiary/aromatic N) is 4. The van der Waals surface area contributed by atoms with E-state index in [4.69, 9.17) is 9.97 Å². The van der Waals surface area contributed by atoms with E-state index in [1.54, 1.807) is 0 Å². The van der Waals surface area contributed by atoms with E-state index in [0.29, 0.717) is 5.95 Å². The largest absolute Gasteiger partial charge is 0.308 e. The standard InChI is InChI=1S/C46H26N4/c1-2-13-28(14-3-1)42-35-25-24-27-12-4-6-16-30(27)43(35)48-46(47-42)50-39-23-11-22-38-41(39)40-36(26-29-15-5-7-17-31(29)45(40)50)34-20-10-19-33-32-18-8-9-21-37(32)49(38)44(33)34/h1-26H. The molecule has 50 heavy (non-hydrogen) atoms. The number of para-hydroxylation sites is 2. The third-order valence-corrected chi connectivity index (χ3v) is 10.8. The molecular weight excluding hydrogens is 609 g/mol. The van der Waals surface area contributed by atoms with Gasteiger partial charge in [0.15, 0.2) is 0 Å². The molecule has 0 aliphatic rings. The molecule has 230 valence electrons. The van der Waals surface area contributed by atoms with Crippen molar-refractivity contribution in [2.45, 2.75) is 0 Å². The number of fused-ring (bicyclic) bond motifs is 10. The predicted octanol–water partition coefficient (Wildman–Crippen LogP) is 11.9. The molecule has 4 heterocycles. The summed E-state index contributed by atoms with van der Waals surface area (Å²) in [4.78, 5) is 11.0. The summed E-state index contributed by atoms with van der Waals surface area (Å²) in [6.45, 7) is 0. The molecule has 0 saturated heterocycles. The van der Waals surface area contributed by atoms with Crippen LogP contribution in [0.1, 0.15) is 0 Å². The second-order valence-corrected chi connectivity index (χ2v) is 13.4. The maximum absolute atomic E-state index is 5.51. The summed E-state index contributed by atoms with van der Waals surface area (Å²) < 4.78 is 4.82. The second-order valence-electron chi connectivity index (χ2n) is 13.4. The summed E-state index contributed by atoms with van der Waals surface area (Å²) in [5.74, 6) is 0.670. The maximum Gasteiger partial charge on any atom is 0.235 e. The molecule has 12 aromatic rings. The van der Waals surface area contributed by atoms with Gasteiger partial charge in [0.2, 0.25) is 5.95 Å². The van der Waals surface area contributed by atoms with Crippen LogP contribution in [0.15, 0.2) is 158 Å². The van der Waals surface area contributed by atoms with Crippen LogP contribution >= 0.6 is 0 Å². The highest BCUT2D eigenvalue weighted by atomic mass is 15.2. The van der Waals surface area contributed by atoms with Gasteiger partial charge in [0.25, 0.3) is 0 Å². The minimum Gasteiger partial charge on any atom is -0.308 e. The van der Waals surface area contributed by atoms with Crippen molar-refractivity contribution in [2.75, 3.05) is 0 Å². The van der Waals surface area contributed by atoms with Crippen LogP contribution < -0.4 is 0 Å². The SMILES string of the molecule is c1ccc(-c2nc(-n3c4cccc5c4c4c(cc6ccccc6c43)c3cccc4c6ccccc6n5c34)nc3c2ccc2ccccc23)cc1. The Morgan fingerprint density at radius 3 is 1.92 bits per heavy atom. The van der Waals surface area contributed by atoms with Crippen molar-refractivity contribution in [3.05, 3.63) is 158 Å². The Morgan fingerprint density at radius 2 is 1.04 bits per heavy atom. The molecule has 0 N–H and O–H groups in total. The summed E-state index contributed by atoms with van der Waals surface area (Å²) in [6, 6.07) is 56.9. The third kappa shape index (κ3) is 3.25. The highest BCUT2D eigenvalue weighted by molar-refractivity contribution is 6.35. The van der Waals surface area contributed by atoms with Gasteiger partial charge in [-0.2, -0.15) is 0 Å². The van der Waals surface area contributed by atoms with E-state index in [2.05, 4.69) is 167 Å². The summed E-state index contributed by atoms with van der Waals surface area (Å²) >= 11 is 0. The molecule has 0 unspecified atom stereocenters. The molecule has 0 atom stereocenters. The molecule has 4 aromatic heterocycles. The maximum atomic E-state index is 5.51. The fourth-order valence-electron chi connectivity index (χ4n) is 8.77. The van der Waals surface area contributed by atoms with Gasteiger partial charge in [0, 0.05) is 48.7 Å². The first-order chi connectivity index (χ1) is 24.8. The van der Waals surface area contributed by atoms with E-state index < -0.39 is 0 Å². The Labute approximate surface area is 285 Å². The van der Waals surface area contributed by atoms with Gasteiger partial charge in [-0.05, 0) is 46.5 Å². The molecule has 0 amide bonds. The molecule has 0 aliphatic heterocycles. The Hall–Kier alpha value is -6.78. The predicted molar refractivity (Wildman–Crippen MR) is 209 cm³/mol. The lowest BCUT2D eigenvalue weighted by Crippen LogP contribution is -2.04. The van der Waals surface area contributed by atoms with Crippen molar-refractivity contribution in [1.82, 2.24) is 18.9 Å². The molecule has 0 bridgehead atoms. The molecule has 8 aromatic carbocycles. The number of hydrogen-bond acceptors (Lipinski definition) is 2. The highest BCUT2D eigenvalue weighted by Gasteiger charge is 2.25. The number of aromatic nitrogens is 4. The highest BCUT2D eigenvalue weighted by Crippen LogP contribution is 2.46. The number of rotatable bonds is 2. The van der Waals surface area contributed by atoms with Crippen molar-refractivity contribution < 1.29 is 0 Å². The van der Waals surface area contributed by atoms with Gasteiger partial charge in [-0.15, -0.1) is 0 Å². The Kier molecular flexibility index (Phi) is 4.94. The van der Waals surface area contributed by atoms with Gasteiger partial charge >= 0.3 is 0 Å². The van der Waals surface area contributed by atoms with Crippen molar-refractivity contribution >= 4 is 92.3 Å². The lowest BCUT2D eigenvalue weighted by atomic mass is 9.99. The number of benzene rings is 8. The van der Waals surface area contributed by atoms with Crippen molar-refractivity contribution in [2.24, 2.45) is 0 Å². The smallest absolute Gasteiger partial charge is 0.235 e. The quantitative estimate of drug-likeness (QED) is 0.177. The summed E-state index contributed by atoms with van der Waals surface area (Å²) in [5, 5.41) is 13.1. The fourth-order valence-corrected chi connectivity index (χ4v) is 8.77. The summed E-state index contributed by atoms with van der Waals surface area (Å²) in [7, 11) is 0. The zero-order valence-corrected chi connectivity index (χ0v) is 26.8. The van der Waals surface area contributed by atoms with E-state index in [1.807, 2.05) is 0 Å². The molecule has 4 heteroatoms. The molecule has 0 radical (unpaired) electrons. The van der Waals surface area contributed by atoms with Gasteiger partial charge in [0.05, 0.1) is 38.8 Å². The first-order valence-corrected chi connectivity index (χ1v) is 17.1. The van der Waals surface area contributed by atoms with Gasteiger partial charge in [0.1, 0.15) is 0 Å². The number of hydrogen-bond donors (Lipinski definition) is 0. The Morgan fingerprint density at radius 1 is 0.380 bits per heavy atom. The van der Waals surface area contributed by atoms with Gasteiger partial charge in [-0.25, -0.2) is 9.97 Å². The molecule has 0 saturated carbocycles. The van der Waals surface area contributed by atoms with Crippen LogP contribution in [0.2, 0.25) is 0 Å². The zero-order valence-electron chi connectivity index (χ0n) is 26.8. The third-order valence-electron chi connectivity index (χ3n) is 10.8. The van der Waals surface area contributed by atoms with E-state index in [-0.39, 0.29) is 0 Å². The molecule has 0 spiro atoms. The van der Waals surface area contributed by atoms with Gasteiger partial charge < -0.3 is 4.40 Å². The van der Waals surface area contributed by atoms with E-state index in [1.165, 1.54) is 59.6 Å².